The summed E-state index contributed by atoms with van der Waals surface area (Å²) in [5, 5.41) is 11.4. The van der Waals surface area contributed by atoms with Crippen LogP contribution in [-0.2, 0) is 4.43 Å². The maximum atomic E-state index is 11.4. The molecule has 1 fully saturated rings. The van der Waals surface area contributed by atoms with Gasteiger partial charge in [0.25, 0.3) is 0 Å². The Labute approximate surface area is 149 Å². The molecule has 1 rings (SSSR count). The Morgan fingerprint density at radius 1 is 1.38 bits per heavy atom. The van der Waals surface area contributed by atoms with Gasteiger partial charge in [-0.15, -0.1) is 6.58 Å². The molecule has 0 aromatic carbocycles. The Bertz CT molecular complexity index is 595. The quantitative estimate of drug-likeness (QED) is 0.290. The number of hydrogen-bond acceptors (Lipinski definition) is 2. The normalized spacial score (nSPS) is 20.2. The molecule has 0 bridgehead atoms. The zero-order chi connectivity index (χ0) is 18.6. The fourth-order valence-electron chi connectivity index (χ4n) is 3.03. The van der Waals surface area contributed by atoms with Gasteiger partial charge in [0, 0.05) is 5.41 Å². The highest BCUT2D eigenvalue weighted by molar-refractivity contribution is 6.71. The van der Waals surface area contributed by atoms with Crippen molar-refractivity contribution in [3.63, 3.8) is 0 Å². The summed E-state index contributed by atoms with van der Waals surface area (Å²) in [6.07, 6.45) is 6.77. The third kappa shape index (κ3) is 4.60. The summed E-state index contributed by atoms with van der Waals surface area (Å²) < 4.78 is 6.38. The first kappa shape index (κ1) is 20.7. The van der Waals surface area contributed by atoms with Crippen molar-refractivity contribution in [1.82, 2.24) is 0 Å². The number of aliphatic hydroxyl groups is 1. The second-order valence-corrected chi connectivity index (χ2v) is 11.8. The number of allylic oxidation sites excluding steroid dienone is 4. The second kappa shape index (κ2) is 7.69. The summed E-state index contributed by atoms with van der Waals surface area (Å²) in [5.41, 5.74) is 0.642. The SMILES string of the molecule is C=CC[Si](C)(C)O[C@@H](C#C/C=C(\C)C=C)[C@](C)(O)C1(C(=C)C)CC1. The van der Waals surface area contributed by atoms with Gasteiger partial charge in [-0.3, -0.25) is 0 Å². The third-order valence-corrected chi connectivity index (χ3v) is 7.10. The first-order chi connectivity index (χ1) is 11.0. The molecule has 24 heavy (non-hydrogen) atoms. The maximum Gasteiger partial charge on any atom is 0.192 e. The van der Waals surface area contributed by atoms with Gasteiger partial charge in [0.15, 0.2) is 8.32 Å². The molecule has 0 aromatic rings. The summed E-state index contributed by atoms with van der Waals surface area (Å²) >= 11 is 0. The minimum Gasteiger partial charge on any atom is -0.401 e. The van der Waals surface area contributed by atoms with Gasteiger partial charge >= 0.3 is 0 Å². The molecule has 0 aromatic heterocycles. The van der Waals surface area contributed by atoms with Crippen LogP contribution in [0.25, 0.3) is 0 Å². The molecule has 0 saturated heterocycles. The van der Waals surface area contributed by atoms with Crippen LogP contribution in [0, 0.1) is 17.3 Å². The molecule has 0 radical (unpaired) electrons. The van der Waals surface area contributed by atoms with Gasteiger partial charge in [-0.05, 0) is 64.4 Å². The smallest absolute Gasteiger partial charge is 0.192 e. The molecule has 1 aliphatic carbocycles. The lowest BCUT2D eigenvalue weighted by Crippen LogP contribution is -2.52. The van der Waals surface area contributed by atoms with Crippen molar-refractivity contribution >= 4 is 8.32 Å². The summed E-state index contributed by atoms with van der Waals surface area (Å²) in [4.78, 5) is 0. The Morgan fingerprint density at radius 2 is 1.96 bits per heavy atom. The zero-order valence-corrected chi connectivity index (χ0v) is 16.9. The topological polar surface area (TPSA) is 29.5 Å². The van der Waals surface area contributed by atoms with Crippen molar-refractivity contribution in [1.29, 1.82) is 0 Å². The summed E-state index contributed by atoms with van der Waals surface area (Å²) in [7, 11) is -2.00. The highest BCUT2D eigenvalue weighted by atomic mass is 28.4. The van der Waals surface area contributed by atoms with Gasteiger partial charge in [-0.2, -0.15) is 0 Å². The molecule has 0 heterocycles. The molecule has 0 unspecified atom stereocenters. The van der Waals surface area contributed by atoms with Crippen LogP contribution in [0.5, 0.6) is 0 Å². The molecule has 2 nitrogen and oxygen atoms in total. The van der Waals surface area contributed by atoms with Crippen molar-refractivity contribution in [2.24, 2.45) is 5.41 Å². The van der Waals surface area contributed by atoms with E-state index in [0.29, 0.717) is 0 Å². The van der Waals surface area contributed by atoms with Crippen LogP contribution in [0.15, 0.2) is 49.1 Å². The van der Waals surface area contributed by atoms with Crippen LogP contribution >= 0.6 is 0 Å². The van der Waals surface area contributed by atoms with E-state index in [4.69, 9.17) is 4.43 Å². The van der Waals surface area contributed by atoms with E-state index in [9.17, 15) is 5.11 Å². The first-order valence-electron chi connectivity index (χ1n) is 8.50. The maximum absolute atomic E-state index is 11.4. The van der Waals surface area contributed by atoms with Gasteiger partial charge in [-0.25, -0.2) is 0 Å². The van der Waals surface area contributed by atoms with Crippen molar-refractivity contribution in [3.8, 4) is 11.8 Å². The fourth-order valence-corrected chi connectivity index (χ4v) is 4.75. The first-order valence-corrected chi connectivity index (χ1v) is 11.6. The molecule has 0 amide bonds. The van der Waals surface area contributed by atoms with Gasteiger partial charge in [-0.1, -0.05) is 42.7 Å². The highest BCUT2D eigenvalue weighted by Crippen LogP contribution is 2.60. The standard InChI is InChI=1S/C21H32O2Si/c1-9-16-24(7,8)23-19(13-11-12-18(5)10-2)20(6,22)21(14-15-21)17(3)4/h9-10,12,19,22H,1-3,14-16H2,4-8H3/b18-12+/t19-,20-/m0/s1. The minimum atomic E-state index is -2.00. The van der Waals surface area contributed by atoms with Gasteiger partial charge in [0.2, 0.25) is 0 Å². The summed E-state index contributed by atoms with van der Waals surface area (Å²) in [6.45, 7) is 21.7. The Kier molecular flexibility index (Phi) is 6.64. The van der Waals surface area contributed by atoms with Crippen molar-refractivity contribution in [3.05, 3.63) is 49.1 Å². The van der Waals surface area contributed by atoms with Gasteiger partial charge in [0.1, 0.15) is 11.7 Å². The monoisotopic (exact) mass is 344 g/mol. The largest absolute Gasteiger partial charge is 0.401 e. The molecule has 0 aliphatic heterocycles. The fraction of sp³-hybridized carbons (Fsp3) is 0.524. The predicted octanol–water partition coefficient (Wildman–Crippen LogP) is 5.01. The Balaban J connectivity index is 3.20. The molecular weight excluding hydrogens is 312 g/mol. The summed E-state index contributed by atoms with van der Waals surface area (Å²) in [5.74, 6) is 6.20. The van der Waals surface area contributed by atoms with E-state index < -0.39 is 20.0 Å². The number of rotatable bonds is 8. The lowest BCUT2D eigenvalue weighted by Gasteiger charge is -2.41. The molecule has 2 atom stereocenters. The zero-order valence-electron chi connectivity index (χ0n) is 15.9. The van der Waals surface area contributed by atoms with Crippen molar-refractivity contribution in [2.75, 3.05) is 0 Å². The molecule has 1 aliphatic rings. The lowest BCUT2D eigenvalue weighted by molar-refractivity contribution is -0.0691. The average Bonchev–Trinajstić information content (AvgIpc) is 3.27. The minimum absolute atomic E-state index is 0.289. The van der Waals surface area contributed by atoms with Crippen molar-refractivity contribution in [2.45, 2.75) is 64.5 Å². The van der Waals surface area contributed by atoms with Crippen LogP contribution in [0.1, 0.15) is 33.6 Å². The molecule has 0 spiro atoms. The van der Waals surface area contributed by atoms with E-state index in [1.807, 2.05) is 32.9 Å². The predicted molar refractivity (Wildman–Crippen MR) is 106 cm³/mol. The van der Waals surface area contributed by atoms with E-state index in [1.54, 1.807) is 6.08 Å². The Morgan fingerprint density at radius 3 is 2.38 bits per heavy atom. The second-order valence-electron chi connectivity index (χ2n) is 7.64. The summed E-state index contributed by atoms with van der Waals surface area (Å²) in [6, 6.07) is 0.822. The van der Waals surface area contributed by atoms with Crippen LogP contribution < -0.4 is 0 Å². The van der Waals surface area contributed by atoms with Crippen molar-refractivity contribution < 1.29 is 9.53 Å². The van der Waals surface area contributed by atoms with E-state index in [2.05, 4.69) is 44.7 Å². The highest BCUT2D eigenvalue weighted by Gasteiger charge is 2.60. The Hall–Kier alpha value is -1.34. The van der Waals surface area contributed by atoms with E-state index >= 15 is 0 Å². The molecular formula is C21H32O2Si. The van der Waals surface area contributed by atoms with Crippen LogP contribution in [0.4, 0.5) is 0 Å². The van der Waals surface area contributed by atoms with E-state index in [1.165, 1.54) is 0 Å². The average molecular weight is 345 g/mol. The third-order valence-electron chi connectivity index (χ3n) is 4.96. The van der Waals surface area contributed by atoms with E-state index in [0.717, 1.165) is 30.0 Å². The van der Waals surface area contributed by atoms with Crippen LogP contribution in [0.2, 0.25) is 19.1 Å². The van der Waals surface area contributed by atoms with E-state index in [-0.39, 0.29) is 5.41 Å². The molecule has 1 saturated carbocycles. The molecule has 132 valence electrons. The molecule has 1 N–H and O–H groups in total. The number of hydrogen-bond donors (Lipinski definition) is 1. The molecule has 3 heteroatoms. The van der Waals surface area contributed by atoms with Crippen LogP contribution in [-0.4, -0.2) is 25.1 Å². The lowest BCUT2D eigenvalue weighted by atomic mass is 9.77. The van der Waals surface area contributed by atoms with Gasteiger partial charge < -0.3 is 9.53 Å². The van der Waals surface area contributed by atoms with Gasteiger partial charge in [0.05, 0.1) is 0 Å². The van der Waals surface area contributed by atoms with Crippen LogP contribution in [0.3, 0.4) is 0 Å².